The molecule has 0 atom stereocenters. The van der Waals surface area contributed by atoms with Crippen LogP contribution in [0.15, 0.2) is 0 Å². The number of amides is 4. The third kappa shape index (κ3) is 4.49. The zero-order valence-electron chi connectivity index (χ0n) is 16.7. The van der Waals surface area contributed by atoms with Gasteiger partial charge in [-0.3, -0.25) is 19.8 Å². The van der Waals surface area contributed by atoms with Crippen molar-refractivity contribution in [1.82, 2.24) is 20.4 Å². The lowest BCUT2D eigenvalue weighted by Gasteiger charge is -2.56. The molecule has 0 aromatic carbocycles. The summed E-state index contributed by atoms with van der Waals surface area (Å²) in [6.45, 7) is 2.47. The first kappa shape index (κ1) is 19.6. The van der Waals surface area contributed by atoms with Crippen LogP contribution in [0.25, 0.3) is 0 Å². The topological polar surface area (TPSA) is 91.0 Å². The van der Waals surface area contributed by atoms with Gasteiger partial charge in [-0.25, -0.2) is 4.79 Å². The second kappa shape index (κ2) is 7.99. The summed E-state index contributed by atoms with van der Waals surface area (Å²) in [6, 6.07) is -0.389. The largest absolute Gasteiger partial charge is 0.378 e. The monoisotopic (exact) mass is 392 g/mol. The van der Waals surface area contributed by atoms with Crippen molar-refractivity contribution in [2.45, 2.75) is 44.1 Å². The highest BCUT2D eigenvalue weighted by atomic mass is 16.5. The minimum Gasteiger partial charge on any atom is -0.378 e. The van der Waals surface area contributed by atoms with E-state index in [-0.39, 0.29) is 36.5 Å². The van der Waals surface area contributed by atoms with E-state index in [1.807, 2.05) is 0 Å². The molecule has 0 aromatic rings. The number of ether oxygens (including phenoxy) is 1. The maximum absolute atomic E-state index is 12.4. The Morgan fingerprint density at radius 2 is 1.57 bits per heavy atom. The normalized spacial score (nSPS) is 33.8. The molecule has 28 heavy (non-hydrogen) atoms. The first-order chi connectivity index (χ1) is 13.4. The number of imide groups is 1. The second-order valence-electron chi connectivity index (χ2n) is 9.37. The zero-order valence-corrected chi connectivity index (χ0v) is 16.7. The van der Waals surface area contributed by atoms with Gasteiger partial charge in [-0.1, -0.05) is 0 Å². The van der Waals surface area contributed by atoms with Gasteiger partial charge in [-0.15, -0.1) is 0 Å². The van der Waals surface area contributed by atoms with Crippen molar-refractivity contribution in [3.63, 3.8) is 0 Å². The average Bonchev–Trinajstić information content (AvgIpc) is 2.60. The fourth-order valence-electron chi connectivity index (χ4n) is 6.15. The fourth-order valence-corrected chi connectivity index (χ4v) is 6.15. The Kier molecular flexibility index (Phi) is 5.60. The van der Waals surface area contributed by atoms with Crippen molar-refractivity contribution >= 4 is 17.8 Å². The lowest BCUT2D eigenvalue weighted by molar-refractivity contribution is -0.136. The SMILES string of the molecule is CN(CC(=O)NC(=O)NC12CC3CC(CC(C3)C1)C2)CC(=O)N1CCOCC1. The molecule has 4 amide bonds. The van der Waals surface area contributed by atoms with E-state index >= 15 is 0 Å². The van der Waals surface area contributed by atoms with Gasteiger partial charge in [0.15, 0.2) is 0 Å². The van der Waals surface area contributed by atoms with Crippen LogP contribution in [0.1, 0.15) is 38.5 Å². The van der Waals surface area contributed by atoms with Crippen molar-refractivity contribution in [3.05, 3.63) is 0 Å². The van der Waals surface area contributed by atoms with Gasteiger partial charge in [-0.05, 0) is 63.3 Å². The number of carbonyl (C=O) groups excluding carboxylic acids is 3. The van der Waals surface area contributed by atoms with Gasteiger partial charge in [0.25, 0.3) is 0 Å². The fraction of sp³-hybridized carbons (Fsp3) is 0.850. The van der Waals surface area contributed by atoms with E-state index in [1.165, 1.54) is 19.3 Å². The molecule has 0 unspecified atom stereocenters. The van der Waals surface area contributed by atoms with Crippen molar-refractivity contribution in [3.8, 4) is 0 Å². The number of nitrogens with one attached hydrogen (secondary N) is 2. The van der Waals surface area contributed by atoms with Crippen LogP contribution < -0.4 is 10.6 Å². The molecule has 4 saturated carbocycles. The second-order valence-corrected chi connectivity index (χ2v) is 9.37. The number of rotatable bonds is 5. The van der Waals surface area contributed by atoms with Crippen LogP contribution in [0.4, 0.5) is 4.79 Å². The summed E-state index contributed by atoms with van der Waals surface area (Å²) in [5.41, 5.74) is -0.114. The molecule has 156 valence electrons. The number of hydrogen-bond acceptors (Lipinski definition) is 5. The third-order valence-corrected chi connectivity index (χ3v) is 6.85. The number of morpholine rings is 1. The quantitative estimate of drug-likeness (QED) is 0.714. The molecular weight excluding hydrogens is 360 g/mol. The van der Waals surface area contributed by atoms with E-state index in [4.69, 9.17) is 4.74 Å². The zero-order chi connectivity index (χ0) is 19.7. The van der Waals surface area contributed by atoms with Crippen LogP contribution in [0.5, 0.6) is 0 Å². The van der Waals surface area contributed by atoms with E-state index in [0.717, 1.165) is 37.0 Å². The lowest BCUT2D eigenvalue weighted by atomic mass is 9.53. The summed E-state index contributed by atoms with van der Waals surface area (Å²) >= 11 is 0. The molecule has 1 heterocycles. The Balaban J connectivity index is 1.21. The maximum Gasteiger partial charge on any atom is 0.321 e. The molecule has 0 aromatic heterocycles. The first-order valence-electron chi connectivity index (χ1n) is 10.6. The van der Waals surface area contributed by atoms with Gasteiger partial charge in [0.1, 0.15) is 0 Å². The van der Waals surface area contributed by atoms with E-state index in [2.05, 4.69) is 10.6 Å². The van der Waals surface area contributed by atoms with Gasteiger partial charge < -0.3 is 15.0 Å². The number of urea groups is 1. The average molecular weight is 393 g/mol. The number of nitrogens with zero attached hydrogens (tertiary/aromatic N) is 2. The predicted molar refractivity (Wildman–Crippen MR) is 102 cm³/mol. The van der Waals surface area contributed by atoms with E-state index in [9.17, 15) is 14.4 Å². The van der Waals surface area contributed by atoms with Crippen molar-refractivity contribution < 1.29 is 19.1 Å². The van der Waals surface area contributed by atoms with E-state index < -0.39 is 0 Å². The van der Waals surface area contributed by atoms with Crippen LogP contribution in [0.2, 0.25) is 0 Å². The summed E-state index contributed by atoms with van der Waals surface area (Å²) in [7, 11) is 1.72. The Labute approximate surface area is 166 Å². The Hall–Kier alpha value is -1.67. The molecule has 8 heteroatoms. The van der Waals surface area contributed by atoms with Crippen LogP contribution in [-0.2, 0) is 14.3 Å². The van der Waals surface area contributed by atoms with Gasteiger partial charge in [-0.2, -0.15) is 0 Å². The van der Waals surface area contributed by atoms with E-state index in [1.54, 1.807) is 16.8 Å². The molecule has 1 saturated heterocycles. The van der Waals surface area contributed by atoms with Crippen LogP contribution in [0, 0.1) is 17.8 Å². The summed E-state index contributed by atoms with van der Waals surface area (Å²) in [5.74, 6) is 1.81. The highest BCUT2D eigenvalue weighted by Crippen LogP contribution is 2.55. The predicted octanol–water partition coefficient (Wildman–Crippen LogP) is 0.572. The van der Waals surface area contributed by atoms with Gasteiger partial charge >= 0.3 is 6.03 Å². The van der Waals surface area contributed by atoms with E-state index in [0.29, 0.717) is 26.3 Å². The summed E-state index contributed by atoms with van der Waals surface area (Å²) in [6.07, 6.45) is 7.08. The smallest absolute Gasteiger partial charge is 0.321 e. The number of carbonyl (C=O) groups is 3. The molecule has 0 radical (unpaired) electrons. The molecule has 1 aliphatic heterocycles. The standard InChI is InChI=1S/C20H32N4O4/c1-23(13-18(26)24-2-4-28-5-3-24)12-17(25)21-19(27)22-20-9-14-6-15(10-20)8-16(7-14)11-20/h14-16H,2-13H2,1H3,(H2,21,22,25,27). The minimum atomic E-state index is -0.389. The molecule has 5 fully saturated rings. The van der Waals surface area contributed by atoms with Crippen molar-refractivity contribution in [2.24, 2.45) is 17.8 Å². The molecule has 8 nitrogen and oxygen atoms in total. The van der Waals surface area contributed by atoms with Crippen LogP contribution >= 0.6 is 0 Å². The third-order valence-electron chi connectivity index (χ3n) is 6.85. The molecule has 4 bridgehead atoms. The molecule has 4 aliphatic carbocycles. The molecule has 5 aliphatic rings. The van der Waals surface area contributed by atoms with Crippen LogP contribution in [-0.4, -0.2) is 79.6 Å². The van der Waals surface area contributed by atoms with Crippen LogP contribution in [0.3, 0.4) is 0 Å². The van der Waals surface area contributed by atoms with Gasteiger partial charge in [0.2, 0.25) is 11.8 Å². The van der Waals surface area contributed by atoms with Crippen molar-refractivity contribution in [1.29, 1.82) is 0 Å². The Morgan fingerprint density at radius 3 is 2.14 bits per heavy atom. The number of hydrogen-bond donors (Lipinski definition) is 2. The molecule has 0 spiro atoms. The first-order valence-corrected chi connectivity index (χ1v) is 10.6. The van der Waals surface area contributed by atoms with Gasteiger partial charge in [0, 0.05) is 18.6 Å². The van der Waals surface area contributed by atoms with Crippen molar-refractivity contribution in [2.75, 3.05) is 46.4 Å². The minimum absolute atomic E-state index is 0.0170. The summed E-state index contributed by atoms with van der Waals surface area (Å²) in [5, 5.41) is 5.61. The summed E-state index contributed by atoms with van der Waals surface area (Å²) < 4.78 is 5.25. The summed E-state index contributed by atoms with van der Waals surface area (Å²) in [4.78, 5) is 40.3. The van der Waals surface area contributed by atoms with Gasteiger partial charge in [0.05, 0.1) is 26.3 Å². The highest BCUT2D eigenvalue weighted by molar-refractivity contribution is 5.95. The molecular formula is C20H32N4O4. The molecule has 5 rings (SSSR count). The maximum atomic E-state index is 12.4. The Bertz CT molecular complexity index is 596. The Morgan fingerprint density at radius 1 is 1.00 bits per heavy atom. The lowest BCUT2D eigenvalue weighted by Crippen LogP contribution is -2.62. The highest BCUT2D eigenvalue weighted by Gasteiger charge is 2.51. The molecule has 2 N–H and O–H groups in total. The number of likely N-dealkylation sites (N-methyl/N-ethyl adjacent to an activating group) is 1.